The lowest BCUT2D eigenvalue weighted by Crippen LogP contribution is -2.62. The molecule has 4 bridgehead atoms. The van der Waals surface area contributed by atoms with Crippen molar-refractivity contribution in [1.82, 2.24) is 4.90 Å². The monoisotopic (exact) mass is 531 g/mol. The highest BCUT2D eigenvalue weighted by atomic mass is 19.1. The van der Waals surface area contributed by atoms with Gasteiger partial charge in [0, 0.05) is 6.42 Å². The van der Waals surface area contributed by atoms with Crippen LogP contribution in [0.2, 0.25) is 0 Å². The third-order valence-electron chi connectivity index (χ3n) is 7.81. The lowest BCUT2D eigenvalue weighted by Gasteiger charge is -2.58. The minimum atomic E-state index is -3.09. The van der Waals surface area contributed by atoms with Crippen LogP contribution in [0.3, 0.4) is 0 Å². The van der Waals surface area contributed by atoms with Gasteiger partial charge in [-0.1, -0.05) is 30.3 Å². The van der Waals surface area contributed by atoms with Crippen LogP contribution < -0.4 is 0 Å². The van der Waals surface area contributed by atoms with E-state index in [-0.39, 0.29) is 17.9 Å². The number of esters is 1. The summed E-state index contributed by atoms with van der Waals surface area (Å²) in [5.74, 6) is -2.95. The molecule has 0 aliphatic heterocycles. The molecule has 1 aromatic carbocycles. The molecule has 1 unspecified atom stereocenters. The van der Waals surface area contributed by atoms with Crippen LogP contribution in [-0.4, -0.2) is 40.1 Å². The van der Waals surface area contributed by atoms with Crippen molar-refractivity contribution in [3.8, 4) is 0 Å². The van der Waals surface area contributed by atoms with Gasteiger partial charge in [0.25, 0.3) is 5.79 Å². The van der Waals surface area contributed by atoms with Crippen molar-refractivity contribution >= 4 is 18.2 Å². The van der Waals surface area contributed by atoms with Crippen LogP contribution >= 0.6 is 0 Å². The van der Waals surface area contributed by atoms with E-state index in [1.807, 2.05) is 6.07 Å². The zero-order chi connectivity index (χ0) is 27.9. The molecule has 7 nitrogen and oxygen atoms in total. The number of imide groups is 1. The smallest absolute Gasteiger partial charge is 0.423 e. The van der Waals surface area contributed by atoms with Crippen molar-refractivity contribution in [2.45, 2.75) is 110 Å². The summed E-state index contributed by atoms with van der Waals surface area (Å²) in [6.45, 7) is 9.50. The average molecular weight is 532 g/mol. The Hall–Kier alpha value is -2.64. The van der Waals surface area contributed by atoms with Gasteiger partial charge in [-0.25, -0.2) is 18.8 Å². The summed E-state index contributed by atoms with van der Waals surface area (Å²) in [7, 11) is 0. The second-order valence-corrected chi connectivity index (χ2v) is 13.7. The van der Waals surface area contributed by atoms with Gasteiger partial charge in [0.05, 0.1) is 0 Å². The number of rotatable bonds is 6. The van der Waals surface area contributed by atoms with Gasteiger partial charge in [0.1, 0.15) is 17.8 Å². The van der Waals surface area contributed by atoms with E-state index in [9.17, 15) is 14.4 Å². The minimum absolute atomic E-state index is 0.192. The third kappa shape index (κ3) is 6.49. The highest BCUT2D eigenvalue weighted by Gasteiger charge is 2.62. The lowest BCUT2D eigenvalue weighted by molar-refractivity contribution is -0.183. The SMILES string of the molecule is CC(C)(C)OC(=O)N(C(=O)OC(C)(C)C)C(F)(CC12CC3CC(CC(C3)C1)C2)C(=O)OCc1ccccc1. The summed E-state index contributed by atoms with van der Waals surface area (Å²) >= 11 is 0. The van der Waals surface area contributed by atoms with E-state index in [0.717, 1.165) is 38.5 Å². The number of amides is 2. The maximum Gasteiger partial charge on any atom is 0.423 e. The molecule has 0 N–H and O–H groups in total. The van der Waals surface area contributed by atoms with Gasteiger partial charge in [-0.05, 0) is 109 Å². The molecule has 4 aliphatic carbocycles. The van der Waals surface area contributed by atoms with E-state index in [1.54, 1.807) is 65.8 Å². The number of hydrogen-bond donors (Lipinski definition) is 0. The molecule has 4 saturated carbocycles. The fourth-order valence-electron chi connectivity index (χ4n) is 7.06. The molecule has 0 aromatic heterocycles. The number of ether oxygens (including phenoxy) is 3. The molecule has 0 heterocycles. The summed E-state index contributed by atoms with van der Waals surface area (Å²) in [6, 6.07) is 8.91. The van der Waals surface area contributed by atoms with E-state index >= 15 is 4.39 Å². The highest BCUT2D eigenvalue weighted by Crippen LogP contribution is 2.63. The van der Waals surface area contributed by atoms with E-state index in [1.165, 1.54) is 0 Å². The van der Waals surface area contributed by atoms with Gasteiger partial charge < -0.3 is 14.2 Å². The van der Waals surface area contributed by atoms with Gasteiger partial charge in [0.2, 0.25) is 0 Å². The Labute approximate surface area is 225 Å². The van der Waals surface area contributed by atoms with Crippen LogP contribution in [0.1, 0.15) is 92.1 Å². The predicted molar refractivity (Wildman–Crippen MR) is 140 cm³/mol. The minimum Gasteiger partial charge on any atom is -0.457 e. The average Bonchev–Trinajstić information content (AvgIpc) is 2.74. The number of hydrogen-bond acceptors (Lipinski definition) is 6. The van der Waals surface area contributed by atoms with Crippen LogP contribution in [0.4, 0.5) is 14.0 Å². The van der Waals surface area contributed by atoms with Gasteiger partial charge in [-0.2, -0.15) is 4.90 Å². The van der Waals surface area contributed by atoms with E-state index < -0.39 is 40.6 Å². The zero-order valence-electron chi connectivity index (χ0n) is 23.6. The van der Waals surface area contributed by atoms with Crippen molar-refractivity contribution in [2.75, 3.05) is 0 Å². The topological polar surface area (TPSA) is 82.1 Å². The van der Waals surface area contributed by atoms with Crippen LogP contribution in [-0.2, 0) is 25.6 Å². The van der Waals surface area contributed by atoms with Gasteiger partial charge in [0.15, 0.2) is 0 Å². The number of alkyl halides is 1. The van der Waals surface area contributed by atoms with Crippen LogP contribution in [0.25, 0.3) is 0 Å². The third-order valence-corrected chi connectivity index (χ3v) is 7.81. The standard InChI is InChI=1S/C30H42FNO6/c1-27(2,3)37-25(34)32(26(35)38-28(4,5)6)30(31,24(33)36-18-20-10-8-7-9-11-20)19-29-15-21-12-22(16-29)14-23(13-21)17-29/h7-11,21-23H,12-19H2,1-6H3. The molecule has 4 aliphatic rings. The number of halogens is 1. The molecule has 1 atom stereocenters. The van der Waals surface area contributed by atoms with Crippen molar-refractivity contribution in [3.05, 3.63) is 35.9 Å². The molecule has 0 saturated heterocycles. The molecule has 1 aromatic rings. The number of carbonyl (C=O) groups is 3. The molecule has 2 amide bonds. The number of benzene rings is 1. The summed E-state index contributed by atoms with van der Waals surface area (Å²) in [4.78, 5) is 40.8. The Balaban J connectivity index is 1.71. The van der Waals surface area contributed by atoms with Crippen molar-refractivity contribution in [1.29, 1.82) is 0 Å². The summed E-state index contributed by atoms with van der Waals surface area (Å²) < 4.78 is 33.9. The maximum absolute atomic E-state index is 17.6. The molecule has 8 heteroatoms. The van der Waals surface area contributed by atoms with Crippen molar-refractivity contribution in [2.24, 2.45) is 23.2 Å². The second kappa shape index (κ2) is 10.2. The summed E-state index contributed by atoms with van der Waals surface area (Å²) in [6.07, 6.45) is 2.82. The molecular weight excluding hydrogens is 489 g/mol. The Kier molecular flexibility index (Phi) is 7.58. The molecular formula is C30H42FNO6. The first kappa shape index (κ1) is 28.4. The first-order valence-corrected chi connectivity index (χ1v) is 13.7. The molecule has 0 radical (unpaired) electrons. The molecule has 210 valence electrons. The fraction of sp³-hybridized carbons (Fsp3) is 0.700. The predicted octanol–water partition coefficient (Wildman–Crippen LogP) is 7.17. The Morgan fingerprint density at radius 1 is 0.842 bits per heavy atom. The quantitative estimate of drug-likeness (QED) is 0.220. The van der Waals surface area contributed by atoms with Gasteiger partial charge in [-0.3, -0.25) is 0 Å². The molecule has 4 fully saturated rings. The normalized spacial score (nSPS) is 27.8. The lowest BCUT2D eigenvalue weighted by atomic mass is 9.48. The van der Waals surface area contributed by atoms with E-state index in [0.29, 0.717) is 23.3 Å². The van der Waals surface area contributed by atoms with Crippen LogP contribution in [0.5, 0.6) is 0 Å². The molecule has 38 heavy (non-hydrogen) atoms. The van der Waals surface area contributed by atoms with E-state index in [2.05, 4.69) is 0 Å². The zero-order valence-corrected chi connectivity index (χ0v) is 23.6. The first-order chi connectivity index (χ1) is 17.6. The van der Waals surface area contributed by atoms with Crippen LogP contribution in [0, 0.1) is 23.2 Å². The highest BCUT2D eigenvalue weighted by molar-refractivity contribution is 5.95. The summed E-state index contributed by atoms with van der Waals surface area (Å²) in [5, 5.41) is 0. The number of nitrogens with zero attached hydrogens (tertiary/aromatic N) is 1. The van der Waals surface area contributed by atoms with Crippen molar-refractivity contribution < 1.29 is 33.0 Å². The van der Waals surface area contributed by atoms with Gasteiger partial charge in [-0.15, -0.1) is 0 Å². The summed E-state index contributed by atoms with van der Waals surface area (Å²) in [5.41, 5.74) is -1.91. The van der Waals surface area contributed by atoms with E-state index in [4.69, 9.17) is 14.2 Å². The van der Waals surface area contributed by atoms with Crippen molar-refractivity contribution in [3.63, 3.8) is 0 Å². The first-order valence-electron chi connectivity index (χ1n) is 13.7. The Bertz CT molecular complexity index is 980. The Morgan fingerprint density at radius 2 is 1.29 bits per heavy atom. The molecule has 5 rings (SSSR count). The van der Waals surface area contributed by atoms with Gasteiger partial charge >= 0.3 is 18.2 Å². The molecule has 0 spiro atoms. The second-order valence-electron chi connectivity index (χ2n) is 13.7. The number of carbonyl (C=O) groups excluding carboxylic acids is 3. The van der Waals surface area contributed by atoms with Crippen LogP contribution in [0.15, 0.2) is 30.3 Å². The maximum atomic E-state index is 17.6. The fourth-order valence-corrected chi connectivity index (χ4v) is 7.06. The largest absolute Gasteiger partial charge is 0.457 e. The Morgan fingerprint density at radius 3 is 1.71 bits per heavy atom.